The fraction of sp³-hybridized carbons (Fsp3) is 0.759. The van der Waals surface area contributed by atoms with Crippen molar-refractivity contribution >= 4 is 41.1 Å². The van der Waals surface area contributed by atoms with Gasteiger partial charge < -0.3 is 78.1 Å². The lowest BCUT2D eigenvalue weighted by atomic mass is 9.86. The number of aliphatic hydroxyl groups is 7. The molecule has 3 aliphatic heterocycles. The average Bonchev–Trinajstić information content (AvgIpc) is 3.99. The van der Waals surface area contributed by atoms with Gasteiger partial charge in [-0.05, 0) is 75.1 Å². The van der Waals surface area contributed by atoms with E-state index >= 15 is 0 Å². The molecule has 3 aliphatic rings. The first-order chi connectivity index (χ1) is 36.5. The largest absolute Gasteiger partial charge is 0.508 e. The van der Waals surface area contributed by atoms with Crippen molar-refractivity contribution in [1.82, 2.24) is 31.1 Å². The molecule has 6 unspecified atom stereocenters. The first-order valence-electron chi connectivity index (χ1n) is 27.8. The summed E-state index contributed by atoms with van der Waals surface area (Å²) >= 11 is 0. The molecule has 16 N–H and O–H groups in total. The van der Waals surface area contributed by atoms with Gasteiger partial charge in [0.1, 0.15) is 41.9 Å². The lowest BCUT2D eigenvalue weighted by molar-refractivity contribution is -0.149. The fourth-order valence-electron chi connectivity index (χ4n) is 10.8. The molecule has 16 atom stereocenters. The summed E-state index contributed by atoms with van der Waals surface area (Å²) in [6, 6.07) is -2.13. The Hall–Kier alpha value is -4.69. The van der Waals surface area contributed by atoms with Crippen molar-refractivity contribution in [3.05, 3.63) is 29.8 Å². The quantitative estimate of drug-likeness (QED) is 0.0545. The number of amides is 5. The minimum absolute atomic E-state index is 0.00947. The second kappa shape index (κ2) is 31.8. The molecule has 4 rings (SSSR count). The smallest absolute Gasteiger partial charge is 0.248 e. The molecule has 0 spiro atoms. The standard InChI is InChI=1S/C54H90N8O15/c1-5-30(2)24-31(3)12-10-8-6-7-9-11-13-36(65)25-34-26-43(70)49(57-22-21-56)60-52(75)46-41(68)19-23-61(46)54(77)45(40(67)18-20-55)59-51(74)38(48(72)47(71)33-14-16-35(64)17-15-33)28-42(69)39-27-37(66)29-62(39)53(76)44(32(4)63)58-50(34)73/h14-17,30-32,34,37-41,43-49,57,63-64,66-68,70-72H,5-13,18-29,55-56H2,1-4H3,(H,58,73)(H,59,74)(H,60,75)/t30?,31?,32-,34+,37-,38?,39+,40-,41+,43-,44?,45?,46?,47+,48+,49+/m1/s1. The Labute approximate surface area is 452 Å². The van der Waals surface area contributed by atoms with E-state index in [1.165, 1.54) is 37.6 Å². The monoisotopic (exact) mass is 1090 g/mol. The first-order valence-corrected chi connectivity index (χ1v) is 27.8. The summed E-state index contributed by atoms with van der Waals surface area (Å²) in [6.45, 7) is 6.94. The number of nitrogens with zero attached hydrogens (tertiary/aromatic N) is 2. The molecule has 3 fully saturated rings. The van der Waals surface area contributed by atoms with Crippen molar-refractivity contribution < 1.29 is 74.4 Å². The third kappa shape index (κ3) is 19.0. The summed E-state index contributed by atoms with van der Waals surface area (Å²) in [5.41, 5.74) is 11.6. The molecule has 3 saturated heterocycles. The summed E-state index contributed by atoms with van der Waals surface area (Å²) in [5, 5.41) is 100. The van der Waals surface area contributed by atoms with E-state index in [4.69, 9.17) is 11.5 Å². The molecule has 77 heavy (non-hydrogen) atoms. The highest BCUT2D eigenvalue weighted by atomic mass is 16.3. The number of aromatic hydroxyl groups is 1. The van der Waals surface area contributed by atoms with Gasteiger partial charge in [-0.15, -0.1) is 0 Å². The molecule has 0 radical (unpaired) electrons. The number of hydrogen-bond acceptors (Lipinski definition) is 18. The van der Waals surface area contributed by atoms with Crippen molar-refractivity contribution in [2.24, 2.45) is 35.1 Å². The number of Topliss-reactive ketones (excluding diaryl/α,β-unsaturated/α-hetero) is 2. The molecule has 1 aromatic carbocycles. The number of ketones is 2. The van der Waals surface area contributed by atoms with Gasteiger partial charge in [0, 0.05) is 57.8 Å². The molecule has 23 heteroatoms. The van der Waals surface area contributed by atoms with Gasteiger partial charge in [0.15, 0.2) is 5.78 Å². The van der Waals surface area contributed by atoms with Crippen molar-refractivity contribution in [2.45, 2.75) is 203 Å². The summed E-state index contributed by atoms with van der Waals surface area (Å²) in [4.78, 5) is 103. The van der Waals surface area contributed by atoms with E-state index in [2.05, 4.69) is 42.0 Å². The number of carbonyl (C=O) groups is 7. The maximum absolute atomic E-state index is 14.6. The number of fused-ring (bicyclic) bond motifs is 2. The molecular formula is C54H90N8O15. The molecule has 0 bridgehead atoms. The van der Waals surface area contributed by atoms with E-state index in [-0.39, 0.29) is 62.5 Å². The van der Waals surface area contributed by atoms with E-state index in [0.717, 1.165) is 54.7 Å². The maximum Gasteiger partial charge on any atom is 0.248 e. The van der Waals surface area contributed by atoms with Crippen LogP contribution < -0.4 is 32.7 Å². The third-order valence-electron chi connectivity index (χ3n) is 15.5. The highest BCUT2D eigenvalue weighted by Gasteiger charge is 2.49. The van der Waals surface area contributed by atoms with Crippen molar-refractivity contribution in [2.75, 3.05) is 32.7 Å². The van der Waals surface area contributed by atoms with Crippen LogP contribution in [-0.4, -0.2) is 191 Å². The summed E-state index contributed by atoms with van der Waals surface area (Å²) < 4.78 is 0. The Morgan fingerprint density at radius 2 is 1.39 bits per heavy atom. The molecule has 23 nitrogen and oxygen atoms in total. The van der Waals surface area contributed by atoms with Crippen LogP contribution in [0, 0.1) is 23.7 Å². The van der Waals surface area contributed by atoms with E-state index < -0.39 is 152 Å². The minimum Gasteiger partial charge on any atom is -0.508 e. The molecule has 1 aromatic rings. The number of phenols is 1. The molecule has 436 valence electrons. The van der Waals surface area contributed by atoms with E-state index in [1.807, 2.05) is 0 Å². The predicted molar refractivity (Wildman–Crippen MR) is 283 cm³/mol. The lowest BCUT2D eigenvalue weighted by Crippen LogP contribution is -2.63. The fourth-order valence-corrected chi connectivity index (χ4v) is 10.8. The predicted octanol–water partition coefficient (Wildman–Crippen LogP) is -1.13. The van der Waals surface area contributed by atoms with Crippen LogP contribution >= 0.6 is 0 Å². The van der Waals surface area contributed by atoms with Crippen LogP contribution in [0.3, 0.4) is 0 Å². The number of phenolic OH excluding ortho intramolecular Hbond substituents is 1. The number of nitrogens with two attached hydrogens (primary N) is 2. The zero-order chi connectivity index (χ0) is 57.1. The lowest BCUT2D eigenvalue weighted by Gasteiger charge is -2.34. The van der Waals surface area contributed by atoms with Crippen LogP contribution in [0.2, 0.25) is 0 Å². The van der Waals surface area contributed by atoms with Gasteiger partial charge in [-0.3, -0.25) is 38.9 Å². The highest BCUT2D eigenvalue weighted by Crippen LogP contribution is 2.31. The van der Waals surface area contributed by atoms with Gasteiger partial charge in [-0.2, -0.15) is 0 Å². The highest BCUT2D eigenvalue weighted by molar-refractivity contribution is 5.98. The number of nitrogens with one attached hydrogen (secondary N) is 4. The average molecular weight is 1090 g/mol. The van der Waals surface area contributed by atoms with Crippen LogP contribution in [0.4, 0.5) is 0 Å². The first kappa shape index (κ1) is 64.8. The van der Waals surface area contributed by atoms with Gasteiger partial charge in [0.25, 0.3) is 0 Å². The SMILES string of the molecule is CCC(C)CC(C)CCCCCCCCC(=O)C[C@H]1C[C@@H](O)[C@@H](NCCN)NC(=O)C2[C@@H](O)CCN2C(=O)C([C@H](O)CCN)NC(=O)C([C@H](O)[C@@H](O)c2ccc(O)cc2)CC(=O)[C@@H]2C[C@@H](O)CN2C(=O)C([C@@H](C)O)NC1=O. The number of rotatable bonds is 24. The van der Waals surface area contributed by atoms with Crippen LogP contribution in [0.15, 0.2) is 24.3 Å². The molecule has 0 aliphatic carbocycles. The summed E-state index contributed by atoms with van der Waals surface area (Å²) in [6.07, 6.45) is -7.28. The zero-order valence-electron chi connectivity index (χ0n) is 45.4. The Morgan fingerprint density at radius 1 is 0.753 bits per heavy atom. The molecular weight excluding hydrogens is 1000 g/mol. The number of unbranched alkanes of at least 4 members (excludes halogenated alkanes) is 5. The minimum atomic E-state index is -2.16. The normalized spacial score (nSPS) is 28.8. The van der Waals surface area contributed by atoms with Crippen LogP contribution in [-0.2, 0) is 33.6 Å². The van der Waals surface area contributed by atoms with E-state index in [0.29, 0.717) is 18.3 Å². The molecule has 3 heterocycles. The van der Waals surface area contributed by atoms with Gasteiger partial charge in [-0.25, -0.2) is 0 Å². The zero-order valence-corrected chi connectivity index (χ0v) is 45.4. The third-order valence-corrected chi connectivity index (χ3v) is 15.5. The number of carbonyl (C=O) groups excluding carboxylic acids is 7. The number of hydrogen-bond donors (Lipinski definition) is 14. The Balaban J connectivity index is 1.73. The Bertz CT molecular complexity index is 2070. The maximum atomic E-state index is 14.6. The van der Waals surface area contributed by atoms with Crippen LogP contribution in [0.25, 0.3) is 0 Å². The topological polar surface area (TPSA) is 388 Å². The van der Waals surface area contributed by atoms with E-state index in [9.17, 15) is 74.4 Å². The van der Waals surface area contributed by atoms with Gasteiger partial charge in [0.2, 0.25) is 29.5 Å². The summed E-state index contributed by atoms with van der Waals surface area (Å²) in [7, 11) is 0. The number of aliphatic hydroxyl groups excluding tert-OH is 7. The van der Waals surface area contributed by atoms with E-state index in [1.54, 1.807) is 0 Å². The second-order valence-corrected chi connectivity index (χ2v) is 21.9. The Morgan fingerprint density at radius 3 is 2.03 bits per heavy atom. The van der Waals surface area contributed by atoms with Crippen LogP contribution in [0.1, 0.15) is 142 Å². The molecule has 0 saturated carbocycles. The van der Waals surface area contributed by atoms with Gasteiger partial charge in [-0.1, -0.05) is 77.8 Å². The van der Waals surface area contributed by atoms with Crippen molar-refractivity contribution in [3.63, 3.8) is 0 Å². The van der Waals surface area contributed by atoms with Crippen LogP contribution in [0.5, 0.6) is 5.75 Å². The molecule has 0 aromatic heterocycles. The second-order valence-electron chi connectivity index (χ2n) is 21.9. The van der Waals surface area contributed by atoms with Crippen molar-refractivity contribution in [1.29, 1.82) is 0 Å². The van der Waals surface area contributed by atoms with Crippen molar-refractivity contribution in [3.8, 4) is 5.75 Å². The van der Waals surface area contributed by atoms with Gasteiger partial charge >= 0.3 is 0 Å². The summed E-state index contributed by atoms with van der Waals surface area (Å²) in [5.74, 6) is -8.86. The Kier molecular flexibility index (Phi) is 26.8. The number of benzene rings is 1. The molecule has 5 amide bonds. The van der Waals surface area contributed by atoms with Gasteiger partial charge in [0.05, 0.1) is 48.6 Å².